The van der Waals surface area contributed by atoms with E-state index in [1.165, 1.54) is 56.1 Å². The first-order valence-corrected chi connectivity index (χ1v) is 9.18. The molecule has 0 bridgehead atoms. The number of hydrogen-bond acceptors (Lipinski definition) is 2. The van der Waals surface area contributed by atoms with E-state index in [0.717, 1.165) is 23.5 Å². The number of aliphatic imine (C=N–C) groups is 1. The molecule has 1 saturated carbocycles. The van der Waals surface area contributed by atoms with Crippen LogP contribution < -0.4 is 5.32 Å². The normalized spacial score (nSPS) is 22.2. The second kappa shape index (κ2) is 7.67. The van der Waals surface area contributed by atoms with Gasteiger partial charge in [-0.15, -0.1) is 0 Å². The van der Waals surface area contributed by atoms with Gasteiger partial charge in [0.15, 0.2) is 0 Å². The number of nitrogens with one attached hydrogen (secondary N) is 2. The zero-order valence-electron chi connectivity index (χ0n) is 14.5. The van der Waals surface area contributed by atoms with Gasteiger partial charge in [0.25, 0.3) is 0 Å². The molecule has 0 unspecified atom stereocenters. The first-order valence-electron chi connectivity index (χ1n) is 9.18. The lowest BCUT2D eigenvalue weighted by atomic mass is 9.97. The van der Waals surface area contributed by atoms with E-state index >= 15 is 0 Å². The highest BCUT2D eigenvalue weighted by molar-refractivity contribution is 6.14. The van der Waals surface area contributed by atoms with E-state index in [4.69, 9.17) is 4.99 Å². The molecule has 1 aliphatic carbocycles. The third-order valence-corrected chi connectivity index (χ3v) is 5.12. The molecule has 0 amide bonds. The lowest BCUT2D eigenvalue weighted by Gasteiger charge is -2.20. The molecule has 2 aliphatic rings. The van der Waals surface area contributed by atoms with Crippen molar-refractivity contribution in [3.05, 3.63) is 47.1 Å². The summed E-state index contributed by atoms with van der Waals surface area (Å²) in [5, 5.41) is 3.67. The molecule has 0 aromatic carbocycles. The Morgan fingerprint density at radius 2 is 1.96 bits per heavy atom. The Morgan fingerprint density at radius 3 is 2.61 bits per heavy atom. The summed E-state index contributed by atoms with van der Waals surface area (Å²) in [6.45, 7) is 4.41. The molecule has 2 N–H and O–H groups in total. The third kappa shape index (κ3) is 3.77. The quantitative estimate of drug-likeness (QED) is 0.799. The average molecular weight is 311 g/mol. The Morgan fingerprint density at radius 1 is 1.22 bits per heavy atom. The molecule has 1 fully saturated rings. The molecule has 0 spiro atoms. The summed E-state index contributed by atoms with van der Waals surface area (Å²) in [4.78, 5) is 8.18. The van der Waals surface area contributed by atoms with Gasteiger partial charge in [-0.25, -0.2) is 4.99 Å². The molecule has 3 heteroatoms. The van der Waals surface area contributed by atoms with Gasteiger partial charge in [-0.3, -0.25) is 0 Å². The van der Waals surface area contributed by atoms with Crippen molar-refractivity contribution < 1.29 is 0 Å². The molecule has 0 atom stereocenters. The number of aromatic nitrogens is 1. The van der Waals surface area contributed by atoms with Gasteiger partial charge in [-0.1, -0.05) is 39.0 Å². The SMILES string of the molecule is CCC1=C(C)C(c2ccc[nH]2)=N/C1=C/NC1CCCCCCC1. The van der Waals surface area contributed by atoms with E-state index in [9.17, 15) is 0 Å². The van der Waals surface area contributed by atoms with Crippen molar-refractivity contribution in [3.8, 4) is 0 Å². The first-order chi connectivity index (χ1) is 11.3. The van der Waals surface area contributed by atoms with Crippen LogP contribution in [-0.4, -0.2) is 16.7 Å². The van der Waals surface area contributed by atoms with Crippen LogP contribution in [0.3, 0.4) is 0 Å². The predicted octanol–water partition coefficient (Wildman–Crippen LogP) is 5.09. The topological polar surface area (TPSA) is 40.2 Å². The van der Waals surface area contributed by atoms with Gasteiger partial charge in [0.1, 0.15) is 0 Å². The number of nitrogens with zero attached hydrogens (tertiary/aromatic N) is 1. The first kappa shape index (κ1) is 16.1. The van der Waals surface area contributed by atoms with Crippen LogP contribution in [0, 0.1) is 0 Å². The number of H-pyrrole nitrogens is 1. The van der Waals surface area contributed by atoms with E-state index in [0.29, 0.717) is 6.04 Å². The largest absolute Gasteiger partial charge is 0.386 e. The van der Waals surface area contributed by atoms with E-state index < -0.39 is 0 Å². The van der Waals surface area contributed by atoms with E-state index in [1.807, 2.05) is 12.3 Å². The molecule has 2 heterocycles. The molecule has 1 aromatic rings. The fourth-order valence-electron chi connectivity index (χ4n) is 3.73. The molecule has 1 aromatic heterocycles. The summed E-state index contributed by atoms with van der Waals surface area (Å²) in [5.41, 5.74) is 6.01. The minimum Gasteiger partial charge on any atom is -0.386 e. The maximum atomic E-state index is 4.90. The average Bonchev–Trinajstić information content (AvgIpc) is 3.14. The lowest BCUT2D eigenvalue weighted by Crippen LogP contribution is -2.25. The van der Waals surface area contributed by atoms with Gasteiger partial charge in [0.05, 0.1) is 17.1 Å². The molecule has 23 heavy (non-hydrogen) atoms. The fraction of sp³-hybridized carbons (Fsp3) is 0.550. The smallest absolute Gasteiger partial charge is 0.0904 e. The Bertz CT molecular complexity index is 597. The van der Waals surface area contributed by atoms with Crippen LogP contribution in [0.5, 0.6) is 0 Å². The summed E-state index contributed by atoms with van der Waals surface area (Å²) < 4.78 is 0. The van der Waals surface area contributed by atoms with Crippen LogP contribution in [0.1, 0.15) is 70.9 Å². The molecule has 3 rings (SSSR count). The fourth-order valence-corrected chi connectivity index (χ4v) is 3.73. The van der Waals surface area contributed by atoms with Crippen LogP contribution in [0.25, 0.3) is 0 Å². The Balaban J connectivity index is 1.75. The van der Waals surface area contributed by atoms with Crippen LogP contribution >= 0.6 is 0 Å². The van der Waals surface area contributed by atoms with Crippen LogP contribution in [-0.2, 0) is 0 Å². The Kier molecular flexibility index (Phi) is 5.37. The summed E-state index contributed by atoms with van der Waals surface area (Å²) in [6, 6.07) is 4.75. The highest BCUT2D eigenvalue weighted by Gasteiger charge is 2.21. The van der Waals surface area contributed by atoms with E-state index in [1.54, 1.807) is 0 Å². The van der Waals surface area contributed by atoms with Gasteiger partial charge in [-0.2, -0.15) is 0 Å². The van der Waals surface area contributed by atoms with E-state index in [2.05, 4.69) is 36.4 Å². The summed E-state index contributed by atoms with van der Waals surface area (Å²) in [6.07, 6.45) is 14.7. The minimum absolute atomic E-state index is 0.617. The van der Waals surface area contributed by atoms with Crippen molar-refractivity contribution in [2.45, 2.75) is 71.3 Å². The lowest BCUT2D eigenvalue weighted by molar-refractivity contribution is 0.419. The highest BCUT2D eigenvalue weighted by atomic mass is 14.9. The second-order valence-electron chi connectivity index (χ2n) is 6.74. The van der Waals surface area contributed by atoms with Crippen LogP contribution in [0.4, 0.5) is 0 Å². The van der Waals surface area contributed by atoms with Crippen molar-refractivity contribution in [1.29, 1.82) is 0 Å². The zero-order valence-corrected chi connectivity index (χ0v) is 14.5. The molecule has 0 radical (unpaired) electrons. The van der Waals surface area contributed by atoms with Crippen molar-refractivity contribution >= 4 is 5.71 Å². The zero-order chi connectivity index (χ0) is 16.1. The van der Waals surface area contributed by atoms with Gasteiger partial charge in [-0.05, 0) is 49.5 Å². The summed E-state index contributed by atoms with van der Waals surface area (Å²) >= 11 is 0. The third-order valence-electron chi connectivity index (χ3n) is 5.12. The van der Waals surface area contributed by atoms with E-state index in [-0.39, 0.29) is 0 Å². The summed E-state index contributed by atoms with van der Waals surface area (Å²) in [7, 11) is 0. The van der Waals surface area contributed by atoms with Crippen LogP contribution in [0.15, 0.2) is 46.4 Å². The van der Waals surface area contributed by atoms with Gasteiger partial charge >= 0.3 is 0 Å². The minimum atomic E-state index is 0.617. The number of allylic oxidation sites excluding steroid dienone is 2. The second-order valence-corrected chi connectivity index (χ2v) is 6.74. The van der Waals surface area contributed by atoms with Crippen molar-refractivity contribution in [2.24, 2.45) is 4.99 Å². The monoisotopic (exact) mass is 311 g/mol. The summed E-state index contributed by atoms with van der Waals surface area (Å²) in [5.74, 6) is 0. The molecule has 1 aliphatic heterocycles. The van der Waals surface area contributed by atoms with Gasteiger partial charge in [0.2, 0.25) is 0 Å². The van der Waals surface area contributed by atoms with Crippen molar-refractivity contribution in [1.82, 2.24) is 10.3 Å². The molecule has 3 nitrogen and oxygen atoms in total. The Labute approximate surface area is 140 Å². The van der Waals surface area contributed by atoms with Gasteiger partial charge in [0, 0.05) is 18.4 Å². The standard InChI is InChI=1S/C20H29N3/c1-3-17-15(2)20(18-12-9-13-21-18)23-19(17)14-22-16-10-7-5-4-6-8-11-16/h9,12-14,16,21-22H,3-8,10-11H2,1-2H3/b19-14+. The Hall–Kier alpha value is -1.77. The van der Waals surface area contributed by atoms with Crippen molar-refractivity contribution in [3.63, 3.8) is 0 Å². The molecule has 0 saturated heterocycles. The predicted molar refractivity (Wildman–Crippen MR) is 97.6 cm³/mol. The number of aromatic amines is 1. The van der Waals surface area contributed by atoms with Crippen LogP contribution in [0.2, 0.25) is 0 Å². The molecule has 124 valence electrons. The maximum Gasteiger partial charge on any atom is 0.0904 e. The maximum absolute atomic E-state index is 4.90. The number of rotatable bonds is 4. The molecular formula is C20H29N3. The molecular weight excluding hydrogens is 282 g/mol. The number of hydrogen-bond donors (Lipinski definition) is 2. The highest BCUT2D eigenvalue weighted by Crippen LogP contribution is 2.30. The van der Waals surface area contributed by atoms with Crippen molar-refractivity contribution in [2.75, 3.05) is 0 Å². The van der Waals surface area contributed by atoms with Gasteiger partial charge < -0.3 is 10.3 Å².